The second kappa shape index (κ2) is 7.25. The molecule has 0 radical (unpaired) electrons. The van der Waals surface area contributed by atoms with Crippen LogP contribution in [0.15, 0.2) is 53.0 Å². The highest BCUT2D eigenvalue weighted by Crippen LogP contribution is 2.22. The topological polar surface area (TPSA) is 0 Å². The van der Waals surface area contributed by atoms with E-state index >= 15 is 0 Å². The van der Waals surface area contributed by atoms with Crippen molar-refractivity contribution in [2.24, 2.45) is 5.92 Å². The van der Waals surface area contributed by atoms with E-state index in [-0.39, 0.29) is 0 Å². The van der Waals surface area contributed by atoms with Crippen LogP contribution in [0.4, 0.5) is 0 Å². The van der Waals surface area contributed by atoms with Crippen molar-refractivity contribution in [1.82, 2.24) is 0 Å². The van der Waals surface area contributed by atoms with Crippen LogP contribution in [0.2, 0.25) is 0 Å². The molecular formula is C17H18Br2. The molecule has 0 amide bonds. The lowest BCUT2D eigenvalue weighted by molar-refractivity contribution is 0.590. The third-order valence-electron chi connectivity index (χ3n) is 3.33. The number of aryl methyl sites for hydroxylation is 1. The molecule has 2 aromatic rings. The molecule has 1 atom stereocenters. The Hall–Kier alpha value is -0.600. The smallest absolute Gasteiger partial charge is 0.0207 e. The molecule has 0 aliphatic carbocycles. The molecule has 0 fully saturated rings. The van der Waals surface area contributed by atoms with Crippen LogP contribution < -0.4 is 0 Å². The van der Waals surface area contributed by atoms with Gasteiger partial charge in [0.1, 0.15) is 0 Å². The number of alkyl halides is 1. The van der Waals surface area contributed by atoms with Gasteiger partial charge in [0, 0.05) is 9.80 Å². The molecule has 0 aliphatic heterocycles. The summed E-state index contributed by atoms with van der Waals surface area (Å²) in [6.45, 7) is 2.13. The monoisotopic (exact) mass is 380 g/mol. The minimum absolute atomic E-state index is 0.626. The van der Waals surface area contributed by atoms with Gasteiger partial charge in [0.2, 0.25) is 0 Å². The highest BCUT2D eigenvalue weighted by atomic mass is 79.9. The van der Waals surface area contributed by atoms with Crippen molar-refractivity contribution in [3.8, 4) is 0 Å². The number of rotatable bonds is 5. The van der Waals surface area contributed by atoms with Gasteiger partial charge in [-0.2, -0.15) is 0 Å². The zero-order valence-electron chi connectivity index (χ0n) is 11.1. The molecule has 0 saturated heterocycles. The van der Waals surface area contributed by atoms with E-state index in [1.54, 1.807) is 0 Å². The van der Waals surface area contributed by atoms with Crippen LogP contribution in [-0.4, -0.2) is 5.33 Å². The summed E-state index contributed by atoms with van der Waals surface area (Å²) in [7, 11) is 0. The molecule has 100 valence electrons. The first-order valence-electron chi connectivity index (χ1n) is 6.54. The standard InChI is InChI=1S/C17H18Br2/c1-13-6-8-14(9-7-13)10-15(12-18)11-16-4-2-3-5-17(16)19/h2-9,15H,10-12H2,1H3. The molecule has 0 spiro atoms. The summed E-state index contributed by atoms with van der Waals surface area (Å²) in [6.07, 6.45) is 2.22. The summed E-state index contributed by atoms with van der Waals surface area (Å²) >= 11 is 7.29. The van der Waals surface area contributed by atoms with Crippen molar-refractivity contribution < 1.29 is 0 Å². The quantitative estimate of drug-likeness (QED) is 0.595. The summed E-state index contributed by atoms with van der Waals surface area (Å²) in [5.74, 6) is 0.626. The molecule has 19 heavy (non-hydrogen) atoms. The molecule has 0 aromatic heterocycles. The van der Waals surface area contributed by atoms with E-state index < -0.39 is 0 Å². The zero-order chi connectivity index (χ0) is 13.7. The van der Waals surface area contributed by atoms with E-state index in [0.717, 1.165) is 18.2 Å². The van der Waals surface area contributed by atoms with Gasteiger partial charge in [-0.1, -0.05) is 79.9 Å². The summed E-state index contributed by atoms with van der Waals surface area (Å²) in [5, 5.41) is 1.03. The second-order valence-corrected chi connectivity index (χ2v) is 6.51. The van der Waals surface area contributed by atoms with Crippen molar-refractivity contribution in [2.75, 3.05) is 5.33 Å². The lowest BCUT2D eigenvalue weighted by atomic mass is 9.94. The molecule has 0 N–H and O–H groups in total. The molecule has 2 heteroatoms. The fourth-order valence-electron chi connectivity index (χ4n) is 2.21. The SMILES string of the molecule is Cc1ccc(CC(CBr)Cc2ccccc2Br)cc1. The Bertz CT molecular complexity index is 517. The zero-order valence-corrected chi connectivity index (χ0v) is 14.2. The molecule has 0 bridgehead atoms. The second-order valence-electron chi connectivity index (χ2n) is 5.01. The number of benzene rings is 2. The van der Waals surface area contributed by atoms with Gasteiger partial charge in [0.05, 0.1) is 0 Å². The van der Waals surface area contributed by atoms with Gasteiger partial charge in [0.25, 0.3) is 0 Å². The van der Waals surface area contributed by atoms with Crippen LogP contribution >= 0.6 is 31.9 Å². The van der Waals surface area contributed by atoms with Crippen LogP contribution in [0.3, 0.4) is 0 Å². The van der Waals surface area contributed by atoms with Gasteiger partial charge in [-0.25, -0.2) is 0 Å². The van der Waals surface area contributed by atoms with E-state index in [1.165, 1.54) is 21.2 Å². The van der Waals surface area contributed by atoms with Crippen LogP contribution in [0.25, 0.3) is 0 Å². The van der Waals surface area contributed by atoms with E-state index in [1.807, 2.05) is 0 Å². The lowest BCUT2D eigenvalue weighted by Crippen LogP contribution is -2.10. The summed E-state index contributed by atoms with van der Waals surface area (Å²) < 4.78 is 1.21. The van der Waals surface area contributed by atoms with Crippen molar-refractivity contribution >= 4 is 31.9 Å². The Kier molecular flexibility index (Phi) is 5.65. The summed E-state index contributed by atoms with van der Waals surface area (Å²) in [6, 6.07) is 17.4. The lowest BCUT2D eigenvalue weighted by Gasteiger charge is -2.15. The van der Waals surface area contributed by atoms with Gasteiger partial charge in [-0.3, -0.25) is 0 Å². The Morgan fingerprint density at radius 1 is 0.947 bits per heavy atom. The third kappa shape index (κ3) is 4.47. The van der Waals surface area contributed by atoms with Gasteiger partial charge in [-0.15, -0.1) is 0 Å². The summed E-state index contributed by atoms with van der Waals surface area (Å²) in [4.78, 5) is 0. The molecular weight excluding hydrogens is 364 g/mol. The Morgan fingerprint density at radius 2 is 1.63 bits per heavy atom. The Morgan fingerprint density at radius 3 is 2.26 bits per heavy atom. The number of halogens is 2. The fourth-order valence-corrected chi connectivity index (χ4v) is 3.12. The third-order valence-corrected chi connectivity index (χ3v) is 5.02. The van der Waals surface area contributed by atoms with Crippen LogP contribution in [0.5, 0.6) is 0 Å². The Balaban J connectivity index is 2.05. The average Bonchev–Trinajstić information content (AvgIpc) is 2.43. The van der Waals surface area contributed by atoms with Crippen LogP contribution in [-0.2, 0) is 12.8 Å². The van der Waals surface area contributed by atoms with Crippen molar-refractivity contribution in [1.29, 1.82) is 0 Å². The maximum atomic E-state index is 3.65. The molecule has 2 rings (SSSR count). The molecule has 2 aromatic carbocycles. The molecule has 0 heterocycles. The number of hydrogen-bond donors (Lipinski definition) is 0. The van der Waals surface area contributed by atoms with E-state index in [4.69, 9.17) is 0 Å². The first kappa shape index (κ1) is 14.8. The maximum absolute atomic E-state index is 3.65. The van der Waals surface area contributed by atoms with E-state index in [2.05, 4.69) is 87.3 Å². The summed E-state index contributed by atoms with van der Waals surface area (Å²) in [5.41, 5.74) is 4.13. The largest absolute Gasteiger partial charge is 0.0925 e. The first-order valence-corrected chi connectivity index (χ1v) is 8.45. The van der Waals surface area contributed by atoms with Gasteiger partial charge in [0.15, 0.2) is 0 Å². The highest BCUT2D eigenvalue weighted by molar-refractivity contribution is 9.10. The first-order chi connectivity index (χ1) is 9.19. The van der Waals surface area contributed by atoms with Crippen molar-refractivity contribution in [3.05, 3.63) is 69.7 Å². The molecule has 1 unspecified atom stereocenters. The van der Waals surface area contributed by atoms with E-state index in [0.29, 0.717) is 5.92 Å². The van der Waals surface area contributed by atoms with Gasteiger partial charge in [-0.05, 0) is 42.9 Å². The predicted octanol–water partition coefficient (Wildman–Crippen LogP) is 5.55. The minimum atomic E-state index is 0.626. The predicted molar refractivity (Wildman–Crippen MR) is 90.0 cm³/mol. The average molecular weight is 382 g/mol. The molecule has 0 saturated carbocycles. The van der Waals surface area contributed by atoms with Crippen molar-refractivity contribution in [2.45, 2.75) is 19.8 Å². The van der Waals surface area contributed by atoms with Crippen LogP contribution in [0, 0.1) is 12.8 Å². The normalized spacial score (nSPS) is 12.4. The van der Waals surface area contributed by atoms with Gasteiger partial charge < -0.3 is 0 Å². The van der Waals surface area contributed by atoms with Gasteiger partial charge >= 0.3 is 0 Å². The minimum Gasteiger partial charge on any atom is -0.0925 e. The molecule has 0 nitrogen and oxygen atoms in total. The van der Waals surface area contributed by atoms with E-state index in [9.17, 15) is 0 Å². The van der Waals surface area contributed by atoms with Crippen molar-refractivity contribution in [3.63, 3.8) is 0 Å². The molecule has 0 aliphatic rings. The Labute approximate surface area is 132 Å². The highest BCUT2D eigenvalue weighted by Gasteiger charge is 2.11. The fraction of sp³-hybridized carbons (Fsp3) is 0.294. The maximum Gasteiger partial charge on any atom is 0.0207 e. The van der Waals surface area contributed by atoms with Crippen LogP contribution in [0.1, 0.15) is 16.7 Å². The number of hydrogen-bond acceptors (Lipinski definition) is 0.